The zero-order valence-corrected chi connectivity index (χ0v) is 18.0. The lowest BCUT2D eigenvalue weighted by Crippen LogP contribution is -2.29. The minimum Gasteiger partial charge on any atom is -0.467 e. The molecular formula is C24H26N4O4. The maximum Gasteiger partial charge on any atom is 0.319 e. The van der Waals surface area contributed by atoms with Gasteiger partial charge in [-0.05, 0) is 48.9 Å². The Balaban J connectivity index is 1.52. The highest BCUT2D eigenvalue weighted by molar-refractivity contribution is 5.93. The molecule has 166 valence electrons. The number of urea groups is 1. The number of anilines is 2. The molecular weight excluding hydrogens is 408 g/mol. The van der Waals surface area contributed by atoms with E-state index in [0.29, 0.717) is 17.1 Å². The van der Waals surface area contributed by atoms with Gasteiger partial charge in [0.25, 0.3) is 0 Å². The van der Waals surface area contributed by atoms with Crippen LogP contribution in [-0.2, 0) is 16.1 Å². The van der Waals surface area contributed by atoms with Gasteiger partial charge in [0.15, 0.2) is 0 Å². The van der Waals surface area contributed by atoms with Gasteiger partial charge in [-0.2, -0.15) is 0 Å². The van der Waals surface area contributed by atoms with Crippen molar-refractivity contribution in [1.29, 1.82) is 0 Å². The summed E-state index contributed by atoms with van der Waals surface area (Å²) in [6, 6.07) is 17.2. The summed E-state index contributed by atoms with van der Waals surface area (Å²) in [7, 11) is 0. The molecule has 1 aromatic heterocycles. The van der Waals surface area contributed by atoms with Crippen molar-refractivity contribution in [3.8, 4) is 0 Å². The summed E-state index contributed by atoms with van der Waals surface area (Å²) in [6.07, 6.45) is 1.64. The van der Waals surface area contributed by atoms with Crippen LogP contribution < -0.4 is 21.3 Å². The van der Waals surface area contributed by atoms with Crippen LogP contribution in [0.1, 0.15) is 36.3 Å². The Bertz CT molecular complexity index is 1040. The number of furan rings is 1. The Morgan fingerprint density at radius 2 is 1.56 bits per heavy atom. The van der Waals surface area contributed by atoms with Crippen molar-refractivity contribution in [2.24, 2.45) is 0 Å². The first kappa shape index (κ1) is 22.6. The van der Waals surface area contributed by atoms with Crippen LogP contribution in [0, 0.1) is 6.92 Å². The molecule has 3 rings (SSSR count). The van der Waals surface area contributed by atoms with Gasteiger partial charge in [-0.15, -0.1) is 0 Å². The fourth-order valence-electron chi connectivity index (χ4n) is 3.09. The molecule has 0 fully saturated rings. The van der Waals surface area contributed by atoms with Crippen LogP contribution in [0.3, 0.4) is 0 Å². The number of carbonyl (C=O) groups excluding carboxylic acids is 3. The molecule has 0 saturated heterocycles. The van der Waals surface area contributed by atoms with Gasteiger partial charge >= 0.3 is 6.03 Å². The van der Waals surface area contributed by atoms with Crippen molar-refractivity contribution in [1.82, 2.24) is 10.6 Å². The topological polar surface area (TPSA) is 112 Å². The Kier molecular flexibility index (Phi) is 7.64. The molecule has 2 aromatic carbocycles. The van der Waals surface area contributed by atoms with Crippen molar-refractivity contribution in [3.63, 3.8) is 0 Å². The first-order valence-electron chi connectivity index (χ1n) is 10.2. The fraction of sp³-hybridized carbons (Fsp3) is 0.208. The monoisotopic (exact) mass is 434 g/mol. The third-order valence-corrected chi connectivity index (χ3v) is 4.68. The second kappa shape index (κ2) is 10.8. The fourth-order valence-corrected chi connectivity index (χ4v) is 3.09. The van der Waals surface area contributed by atoms with E-state index in [4.69, 9.17) is 4.42 Å². The maximum absolute atomic E-state index is 12.6. The predicted molar refractivity (Wildman–Crippen MR) is 122 cm³/mol. The number of amides is 4. The minimum absolute atomic E-state index is 0.0951. The van der Waals surface area contributed by atoms with E-state index in [-0.39, 0.29) is 30.8 Å². The zero-order valence-electron chi connectivity index (χ0n) is 18.0. The first-order valence-corrected chi connectivity index (χ1v) is 10.2. The van der Waals surface area contributed by atoms with Crippen LogP contribution in [0.15, 0.2) is 71.3 Å². The highest BCUT2D eigenvalue weighted by atomic mass is 16.3. The SMILES string of the molecule is CC(=O)NC(CC(=O)Nc1ccc(NC(=O)NCc2ccco2)cc1)c1ccc(C)cc1. The highest BCUT2D eigenvalue weighted by Gasteiger charge is 2.17. The lowest BCUT2D eigenvalue weighted by Gasteiger charge is -2.18. The Morgan fingerprint density at radius 1 is 0.906 bits per heavy atom. The van der Waals surface area contributed by atoms with Crippen molar-refractivity contribution in [2.45, 2.75) is 32.9 Å². The molecule has 32 heavy (non-hydrogen) atoms. The highest BCUT2D eigenvalue weighted by Crippen LogP contribution is 2.20. The lowest BCUT2D eigenvalue weighted by atomic mass is 10.0. The molecule has 0 bridgehead atoms. The van der Waals surface area contributed by atoms with E-state index in [1.54, 1.807) is 42.7 Å². The Labute approximate surface area is 186 Å². The smallest absolute Gasteiger partial charge is 0.319 e. The van der Waals surface area contributed by atoms with Gasteiger partial charge < -0.3 is 25.7 Å². The normalized spacial score (nSPS) is 11.3. The number of nitrogens with one attached hydrogen (secondary N) is 4. The van der Waals surface area contributed by atoms with Crippen LogP contribution >= 0.6 is 0 Å². The summed E-state index contributed by atoms with van der Waals surface area (Å²) in [4.78, 5) is 36.1. The predicted octanol–water partition coefficient (Wildman–Crippen LogP) is 4.12. The molecule has 1 unspecified atom stereocenters. The van der Waals surface area contributed by atoms with Crippen molar-refractivity contribution >= 4 is 29.2 Å². The first-order chi connectivity index (χ1) is 15.4. The summed E-state index contributed by atoms with van der Waals surface area (Å²) in [5.41, 5.74) is 3.13. The second-order valence-corrected chi connectivity index (χ2v) is 7.38. The van der Waals surface area contributed by atoms with Gasteiger partial charge in [0.1, 0.15) is 5.76 Å². The molecule has 8 nitrogen and oxygen atoms in total. The third-order valence-electron chi connectivity index (χ3n) is 4.68. The third kappa shape index (κ3) is 7.02. The average Bonchev–Trinajstić information content (AvgIpc) is 3.27. The van der Waals surface area contributed by atoms with Gasteiger partial charge in [0, 0.05) is 18.3 Å². The molecule has 1 atom stereocenters. The van der Waals surface area contributed by atoms with Crippen molar-refractivity contribution < 1.29 is 18.8 Å². The van der Waals surface area contributed by atoms with E-state index in [2.05, 4.69) is 21.3 Å². The van der Waals surface area contributed by atoms with Gasteiger partial charge in [0.05, 0.1) is 25.3 Å². The Morgan fingerprint density at radius 3 is 2.16 bits per heavy atom. The molecule has 4 amide bonds. The van der Waals surface area contributed by atoms with E-state index >= 15 is 0 Å². The van der Waals surface area contributed by atoms with E-state index in [1.807, 2.05) is 31.2 Å². The van der Waals surface area contributed by atoms with Crippen LogP contribution in [0.4, 0.5) is 16.2 Å². The molecule has 0 saturated carbocycles. The standard InChI is InChI=1S/C24H26N4O4/c1-16-5-7-18(8-6-16)22(26-17(2)29)14-23(30)27-19-9-11-20(12-10-19)28-24(31)25-15-21-4-3-13-32-21/h3-13,22H,14-15H2,1-2H3,(H,26,29)(H,27,30)(H2,25,28,31). The van der Waals surface area contributed by atoms with E-state index in [0.717, 1.165) is 11.1 Å². The molecule has 0 aliphatic carbocycles. The number of carbonyl (C=O) groups is 3. The van der Waals surface area contributed by atoms with E-state index in [9.17, 15) is 14.4 Å². The lowest BCUT2D eigenvalue weighted by molar-refractivity contribution is -0.120. The van der Waals surface area contributed by atoms with E-state index < -0.39 is 6.04 Å². The van der Waals surface area contributed by atoms with Crippen LogP contribution in [0.5, 0.6) is 0 Å². The van der Waals surface area contributed by atoms with E-state index in [1.165, 1.54) is 6.92 Å². The summed E-state index contributed by atoms with van der Waals surface area (Å²) in [5.74, 6) is 0.215. The van der Waals surface area contributed by atoms with Crippen molar-refractivity contribution in [2.75, 3.05) is 10.6 Å². The molecule has 1 heterocycles. The van der Waals surface area contributed by atoms with Gasteiger partial charge in [-0.1, -0.05) is 29.8 Å². The quantitative estimate of drug-likeness (QED) is 0.427. The molecule has 0 radical (unpaired) electrons. The molecule has 0 aliphatic heterocycles. The average molecular weight is 434 g/mol. The largest absolute Gasteiger partial charge is 0.467 e. The molecule has 0 aliphatic rings. The van der Waals surface area contributed by atoms with Gasteiger partial charge in [-0.25, -0.2) is 4.79 Å². The number of benzene rings is 2. The van der Waals surface area contributed by atoms with Gasteiger partial charge in [0.2, 0.25) is 11.8 Å². The number of aryl methyl sites for hydroxylation is 1. The van der Waals surface area contributed by atoms with Crippen LogP contribution in [0.25, 0.3) is 0 Å². The maximum atomic E-state index is 12.6. The van der Waals surface area contributed by atoms with Crippen LogP contribution in [-0.4, -0.2) is 17.8 Å². The van der Waals surface area contributed by atoms with Crippen LogP contribution in [0.2, 0.25) is 0 Å². The van der Waals surface area contributed by atoms with Crippen molar-refractivity contribution in [3.05, 3.63) is 83.8 Å². The summed E-state index contributed by atoms with van der Waals surface area (Å²) >= 11 is 0. The summed E-state index contributed by atoms with van der Waals surface area (Å²) < 4.78 is 5.16. The zero-order chi connectivity index (χ0) is 22.9. The summed E-state index contributed by atoms with van der Waals surface area (Å²) in [6.45, 7) is 3.68. The summed E-state index contributed by atoms with van der Waals surface area (Å²) in [5, 5.41) is 11.0. The molecule has 8 heteroatoms. The number of hydrogen-bond acceptors (Lipinski definition) is 4. The molecule has 3 aromatic rings. The molecule has 0 spiro atoms. The number of hydrogen-bond donors (Lipinski definition) is 4. The Hall–Kier alpha value is -4.07. The second-order valence-electron chi connectivity index (χ2n) is 7.38. The molecule has 4 N–H and O–H groups in total. The minimum atomic E-state index is -0.424. The van der Waals surface area contributed by atoms with Gasteiger partial charge in [-0.3, -0.25) is 9.59 Å². The number of rotatable bonds is 8.